The molecule has 9 heteroatoms. The van der Waals surface area contributed by atoms with Crippen LogP contribution in [0, 0.1) is 0 Å². The third-order valence-electron chi connectivity index (χ3n) is 4.12. The van der Waals surface area contributed by atoms with Gasteiger partial charge >= 0.3 is 6.18 Å². The van der Waals surface area contributed by atoms with Gasteiger partial charge in [-0.3, -0.25) is 4.79 Å². The SMILES string of the molecule is CCOc1ccc(-c2nc(CC(=O)NCc3ccc(OCC(F)(F)F)cc3)cs2)cc1. The lowest BCUT2D eigenvalue weighted by atomic mass is 10.2. The molecule has 5 nitrogen and oxygen atoms in total. The molecule has 0 spiro atoms. The third-order valence-corrected chi connectivity index (χ3v) is 5.06. The fourth-order valence-electron chi connectivity index (χ4n) is 2.68. The van der Waals surface area contributed by atoms with E-state index < -0.39 is 12.8 Å². The van der Waals surface area contributed by atoms with Crippen LogP contribution >= 0.6 is 11.3 Å². The van der Waals surface area contributed by atoms with E-state index in [1.807, 2.05) is 36.6 Å². The molecule has 1 amide bonds. The lowest BCUT2D eigenvalue weighted by molar-refractivity contribution is -0.153. The number of hydrogen-bond donors (Lipinski definition) is 1. The number of nitrogens with zero attached hydrogens (tertiary/aromatic N) is 1. The van der Waals surface area contributed by atoms with Crippen molar-refractivity contribution < 1.29 is 27.4 Å². The highest BCUT2D eigenvalue weighted by Gasteiger charge is 2.28. The number of ether oxygens (including phenoxy) is 2. The molecule has 1 N–H and O–H groups in total. The van der Waals surface area contributed by atoms with Gasteiger partial charge in [-0.15, -0.1) is 11.3 Å². The van der Waals surface area contributed by atoms with E-state index in [9.17, 15) is 18.0 Å². The van der Waals surface area contributed by atoms with E-state index >= 15 is 0 Å². The Morgan fingerprint density at radius 2 is 1.68 bits per heavy atom. The van der Waals surface area contributed by atoms with Crippen LogP contribution in [-0.4, -0.2) is 30.3 Å². The molecular weight excluding hydrogens is 429 g/mol. The maximum atomic E-state index is 12.2. The summed E-state index contributed by atoms with van der Waals surface area (Å²) in [6, 6.07) is 13.7. The van der Waals surface area contributed by atoms with Gasteiger partial charge in [0.25, 0.3) is 0 Å². The fraction of sp³-hybridized carbons (Fsp3) is 0.273. The van der Waals surface area contributed by atoms with Crippen LogP contribution in [-0.2, 0) is 17.8 Å². The number of amides is 1. The first-order valence-corrected chi connectivity index (χ1v) is 10.4. The second-order valence-corrected chi connectivity index (χ2v) is 7.46. The normalized spacial score (nSPS) is 11.2. The van der Waals surface area contributed by atoms with Crippen molar-refractivity contribution >= 4 is 17.2 Å². The third kappa shape index (κ3) is 7.29. The van der Waals surface area contributed by atoms with Crippen molar-refractivity contribution in [3.8, 4) is 22.1 Å². The number of aromatic nitrogens is 1. The Bertz CT molecular complexity index is 986. The summed E-state index contributed by atoms with van der Waals surface area (Å²) in [6.07, 6.45) is -4.24. The number of carbonyl (C=O) groups excluding carboxylic acids is 1. The number of carbonyl (C=O) groups is 1. The smallest absolute Gasteiger partial charge is 0.422 e. The molecule has 3 aromatic rings. The van der Waals surface area contributed by atoms with E-state index in [1.54, 1.807) is 12.1 Å². The van der Waals surface area contributed by atoms with Gasteiger partial charge in [-0.05, 0) is 48.9 Å². The largest absolute Gasteiger partial charge is 0.494 e. The highest BCUT2D eigenvalue weighted by molar-refractivity contribution is 7.13. The molecule has 0 saturated heterocycles. The molecule has 0 saturated carbocycles. The zero-order valence-corrected chi connectivity index (χ0v) is 17.6. The molecule has 1 heterocycles. The van der Waals surface area contributed by atoms with Crippen molar-refractivity contribution in [2.24, 2.45) is 0 Å². The van der Waals surface area contributed by atoms with Crippen LogP contribution in [0.4, 0.5) is 13.2 Å². The Balaban J connectivity index is 1.48. The lowest BCUT2D eigenvalue weighted by Gasteiger charge is -2.10. The van der Waals surface area contributed by atoms with Crippen LogP contribution in [0.3, 0.4) is 0 Å². The van der Waals surface area contributed by atoms with Gasteiger partial charge in [0.15, 0.2) is 6.61 Å². The molecule has 2 aromatic carbocycles. The predicted molar refractivity (Wildman–Crippen MR) is 112 cm³/mol. The zero-order chi connectivity index (χ0) is 22.3. The molecule has 1 aromatic heterocycles. The van der Waals surface area contributed by atoms with E-state index in [0.29, 0.717) is 12.3 Å². The second kappa shape index (κ2) is 10.3. The number of rotatable bonds is 9. The summed E-state index contributed by atoms with van der Waals surface area (Å²) >= 11 is 1.46. The Labute approximate surface area is 181 Å². The maximum absolute atomic E-state index is 12.2. The quantitative estimate of drug-likeness (QED) is 0.498. The van der Waals surface area contributed by atoms with Crippen molar-refractivity contribution in [2.45, 2.75) is 26.1 Å². The molecule has 31 heavy (non-hydrogen) atoms. The average molecular weight is 450 g/mol. The van der Waals surface area contributed by atoms with Crippen molar-refractivity contribution in [1.82, 2.24) is 10.3 Å². The van der Waals surface area contributed by atoms with Gasteiger partial charge in [-0.25, -0.2) is 4.98 Å². The van der Waals surface area contributed by atoms with Crippen LogP contribution in [0.1, 0.15) is 18.2 Å². The first kappa shape index (κ1) is 22.6. The van der Waals surface area contributed by atoms with Gasteiger partial charge < -0.3 is 14.8 Å². The average Bonchev–Trinajstić information content (AvgIpc) is 3.20. The topological polar surface area (TPSA) is 60.5 Å². The molecule has 0 fully saturated rings. The summed E-state index contributed by atoms with van der Waals surface area (Å²) in [7, 11) is 0. The summed E-state index contributed by atoms with van der Waals surface area (Å²) < 4.78 is 46.6. The first-order chi connectivity index (χ1) is 14.8. The van der Waals surface area contributed by atoms with Gasteiger partial charge in [0, 0.05) is 17.5 Å². The van der Waals surface area contributed by atoms with E-state index in [0.717, 1.165) is 21.9 Å². The Morgan fingerprint density at radius 1 is 1.03 bits per heavy atom. The number of hydrogen-bond acceptors (Lipinski definition) is 5. The second-order valence-electron chi connectivity index (χ2n) is 6.60. The minimum atomic E-state index is -4.38. The lowest BCUT2D eigenvalue weighted by Crippen LogP contribution is -2.24. The first-order valence-electron chi connectivity index (χ1n) is 9.55. The summed E-state index contributed by atoms with van der Waals surface area (Å²) in [4.78, 5) is 16.7. The van der Waals surface area contributed by atoms with E-state index in [1.165, 1.54) is 23.5 Å². The van der Waals surface area contributed by atoms with Crippen LogP contribution in [0.5, 0.6) is 11.5 Å². The monoisotopic (exact) mass is 450 g/mol. The van der Waals surface area contributed by atoms with Crippen molar-refractivity contribution in [2.75, 3.05) is 13.2 Å². The summed E-state index contributed by atoms with van der Waals surface area (Å²) in [5, 5.41) is 5.45. The molecule has 0 atom stereocenters. The van der Waals surface area contributed by atoms with E-state index in [4.69, 9.17) is 4.74 Å². The van der Waals surface area contributed by atoms with Crippen LogP contribution in [0.15, 0.2) is 53.9 Å². The molecule has 3 rings (SSSR count). The maximum Gasteiger partial charge on any atom is 0.422 e. The highest BCUT2D eigenvalue weighted by atomic mass is 32.1. The summed E-state index contributed by atoms with van der Waals surface area (Å²) in [5.41, 5.74) is 2.37. The molecule has 0 aliphatic carbocycles. The van der Waals surface area contributed by atoms with Crippen molar-refractivity contribution in [3.63, 3.8) is 0 Å². The van der Waals surface area contributed by atoms with Gasteiger partial charge in [0.2, 0.25) is 5.91 Å². The number of thiazole rings is 1. The molecule has 0 radical (unpaired) electrons. The summed E-state index contributed by atoms with van der Waals surface area (Å²) in [6.45, 7) is 1.45. The molecule has 0 unspecified atom stereocenters. The zero-order valence-electron chi connectivity index (χ0n) is 16.7. The predicted octanol–water partition coefficient (Wildman–Crippen LogP) is 5.01. The molecular formula is C22H21F3N2O3S. The van der Waals surface area contributed by atoms with Crippen LogP contribution in [0.2, 0.25) is 0 Å². The van der Waals surface area contributed by atoms with Gasteiger partial charge in [0.05, 0.1) is 18.7 Å². The number of benzene rings is 2. The minimum Gasteiger partial charge on any atom is -0.494 e. The molecule has 0 aliphatic heterocycles. The van der Waals surface area contributed by atoms with Gasteiger partial charge in [0.1, 0.15) is 16.5 Å². The Hall–Kier alpha value is -3.07. The molecule has 0 aliphatic rings. The number of halogens is 3. The van der Waals surface area contributed by atoms with Crippen molar-refractivity contribution in [3.05, 3.63) is 65.2 Å². The van der Waals surface area contributed by atoms with Gasteiger partial charge in [-0.1, -0.05) is 12.1 Å². The highest BCUT2D eigenvalue weighted by Crippen LogP contribution is 2.26. The standard InChI is InChI=1S/C22H21F3N2O3S/c1-2-29-18-9-5-16(6-10-18)21-27-17(13-31-21)11-20(28)26-12-15-3-7-19(8-4-15)30-14-22(23,24)25/h3-10,13H,2,11-12,14H2,1H3,(H,26,28). The number of alkyl halides is 3. The summed E-state index contributed by atoms with van der Waals surface area (Å²) in [5.74, 6) is 0.722. The minimum absolute atomic E-state index is 0.122. The molecule has 164 valence electrons. The molecule has 0 bridgehead atoms. The Morgan fingerprint density at radius 3 is 2.32 bits per heavy atom. The Kier molecular flexibility index (Phi) is 7.51. The number of nitrogens with one attached hydrogen (secondary N) is 1. The van der Waals surface area contributed by atoms with E-state index in [-0.39, 0.29) is 24.6 Å². The van der Waals surface area contributed by atoms with E-state index in [2.05, 4.69) is 15.0 Å². The van der Waals surface area contributed by atoms with Gasteiger partial charge in [-0.2, -0.15) is 13.2 Å². The van der Waals surface area contributed by atoms with Crippen molar-refractivity contribution in [1.29, 1.82) is 0 Å². The van der Waals surface area contributed by atoms with Crippen LogP contribution < -0.4 is 14.8 Å². The fourth-order valence-corrected chi connectivity index (χ4v) is 3.50. The van der Waals surface area contributed by atoms with Crippen LogP contribution in [0.25, 0.3) is 10.6 Å².